The minimum atomic E-state index is -0.826. The quantitative estimate of drug-likeness (QED) is 0.772. The molecule has 0 fully saturated rings. The van der Waals surface area contributed by atoms with Crippen molar-refractivity contribution in [2.24, 2.45) is 5.92 Å². The summed E-state index contributed by atoms with van der Waals surface area (Å²) in [7, 11) is 0. The van der Waals surface area contributed by atoms with E-state index in [1.807, 2.05) is 30.3 Å². The van der Waals surface area contributed by atoms with Crippen molar-refractivity contribution >= 4 is 16.9 Å². The Labute approximate surface area is 120 Å². The van der Waals surface area contributed by atoms with Gasteiger partial charge in [-0.1, -0.05) is 25.1 Å². The molecule has 2 heterocycles. The molecule has 3 rings (SSSR count). The number of tetrazole rings is 1. The standard InChI is InChI=1S/C14H14N4O3/c1-9(14(19)20)6-7-18-13(15-16-17-18)12-8-10-4-2-3-5-11(10)21-12/h2-5,8-9H,6-7H2,1H3,(H,19,20). The molecule has 0 saturated heterocycles. The van der Waals surface area contributed by atoms with Crippen LogP contribution in [0.25, 0.3) is 22.6 Å². The van der Waals surface area contributed by atoms with Gasteiger partial charge in [-0.25, -0.2) is 4.68 Å². The third-order valence-corrected chi connectivity index (χ3v) is 3.37. The zero-order valence-electron chi connectivity index (χ0n) is 11.4. The third-order valence-electron chi connectivity index (χ3n) is 3.37. The highest BCUT2D eigenvalue weighted by Gasteiger charge is 2.16. The number of furan rings is 1. The Balaban J connectivity index is 1.86. The van der Waals surface area contributed by atoms with Gasteiger partial charge in [-0.15, -0.1) is 5.10 Å². The van der Waals surface area contributed by atoms with Gasteiger partial charge in [-0.05, 0) is 29.0 Å². The molecule has 0 amide bonds. The van der Waals surface area contributed by atoms with E-state index in [2.05, 4.69) is 15.5 Å². The number of aryl methyl sites for hydroxylation is 1. The number of rotatable bonds is 5. The molecule has 0 saturated carbocycles. The van der Waals surface area contributed by atoms with Crippen LogP contribution < -0.4 is 0 Å². The SMILES string of the molecule is CC(CCn1nnnc1-c1cc2ccccc2o1)C(=O)O. The van der Waals surface area contributed by atoms with Crippen LogP contribution in [0.2, 0.25) is 0 Å². The predicted molar refractivity (Wildman–Crippen MR) is 74.4 cm³/mol. The fourth-order valence-electron chi connectivity index (χ4n) is 2.06. The number of nitrogens with zero attached hydrogens (tertiary/aromatic N) is 4. The first-order chi connectivity index (χ1) is 10.1. The summed E-state index contributed by atoms with van der Waals surface area (Å²) in [5.74, 6) is -0.195. The van der Waals surface area contributed by atoms with Crippen molar-refractivity contribution in [2.75, 3.05) is 0 Å². The summed E-state index contributed by atoms with van der Waals surface area (Å²) < 4.78 is 7.29. The molecule has 1 N–H and O–H groups in total. The Hall–Kier alpha value is -2.70. The smallest absolute Gasteiger partial charge is 0.306 e. The van der Waals surface area contributed by atoms with Crippen LogP contribution in [0, 0.1) is 5.92 Å². The van der Waals surface area contributed by atoms with E-state index in [4.69, 9.17) is 9.52 Å². The largest absolute Gasteiger partial charge is 0.481 e. The molecule has 7 heteroatoms. The fraction of sp³-hybridized carbons (Fsp3) is 0.286. The van der Waals surface area contributed by atoms with Gasteiger partial charge >= 0.3 is 5.97 Å². The fourth-order valence-corrected chi connectivity index (χ4v) is 2.06. The second-order valence-corrected chi connectivity index (χ2v) is 4.90. The number of hydrogen-bond acceptors (Lipinski definition) is 5. The Morgan fingerprint density at radius 2 is 2.24 bits per heavy atom. The lowest BCUT2D eigenvalue weighted by molar-refractivity contribution is -0.141. The second-order valence-electron chi connectivity index (χ2n) is 4.90. The van der Waals surface area contributed by atoms with E-state index in [-0.39, 0.29) is 0 Å². The van der Waals surface area contributed by atoms with Gasteiger partial charge in [0.1, 0.15) is 5.58 Å². The summed E-state index contributed by atoms with van der Waals surface area (Å²) in [5.41, 5.74) is 0.765. The van der Waals surface area contributed by atoms with Crippen molar-refractivity contribution in [1.29, 1.82) is 0 Å². The number of hydrogen-bond donors (Lipinski definition) is 1. The zero-order valence-corrected chi connectivity index (χ0v) is 11.4. The van der Waals surface area contributed by atoms with Crippen molar-refractivity contribution in [3.63, 3.8) is 0 Å². The number of carboxylic acid groups (broad SMARTS) is 1. The molecule has 7 nitrogen and oxygen atoms in total. The lowest BCUT2D eigenvalue weighted by Gasteiger charge is -2.06. The Kier molecular flexibility index (Phi) is 3.39. The monoisotopic (exact) mass is 286 g/mol. The lowest BCUT2D eigenvalue weighted by Crippen LogP contribution is -2.13. The number of carbonyl (C=O) groups is 1. The van der Waals surface area contributed by atoms with Gasteiger partial charge in [0.05, 0.1) is 5.92 Å². The molecule has 1 unspecified atom stereocenters. The van der Waals surface area contributed by atoms with Crippen molar-refractivity contribution < 1.29 is 14.3 Å². The zero-order chi connectivity index (χ0) is 14.8. The predicted octanol–water partition coefficient (Wildman–Crippen LogP) is 2.20. The molecule has 1 atom stereocenters. The summed E-state index contributed by atoms with van der Waals surface area (Å²) in [6, 6.07) is 9.52. The van der Waals surface area contributed by atoms with Gasteiger partial charge in [0.2, 0.25) is 5.82 Å². The summed E-state index contributed by atoms with van der Waals surface area (Å²) in [5, 5.41) is 21.4. The number of carboxylic acids is 1. The highest BCUT2D eigenvalue weighted by atomic mass is 16.4. The molecule has 0 aliphatic carbocycles. The lowest BCUT2D eigenvalue weighted by atomic mass is 10.1. The average molecular weight is 286 g/mol. The van der Waals surface area contributed by atoms with Crippen LogP contribution in [0.4, 0.5) is 0 Å². The first-order valence-corrected chi connectivity index (χ1v) is 6.63. The molecule has 3 aromatic rings. The summed E-state index contributed by atoms with van der Waals surface area (Å²) in [6.45, 7) is 2.08. The van der Waals surface area contributed by atoms with Gasteiger partial charge in [0.15, 0.2) is 5.76 Å². The van der Waals surface area contributed by atoms with Gasteiger partial charge in [-0.3, -0.25) is 4.79 Å². The molecule has 0 aliphatic heterocycles. The van der Waals surface area contributed by atoms with Crippen LogP contribution >= 0.6 is 0 Å². The van der Waals surface area contributed by atoms with Crippen molar-refractivity contribution in [3.8, 4) is 11.6 Å². The Bertz CT molecular complexity index is 744. The van der Waals surface area contributed by atoms with Crippen LogP contribution in [0.1, 0.15) is 13.3 Å². The van der Waals surface area contributed by atoms with Gasteiger partial charge in [-0.2, -0.15) is 0 Å². The molecule has 1 aromatic carbocycles. The maximum absolute atomic E-state index is 10.9. The minimum absolute atomic E-state index is 0.423. The van der Waals surface area contributed by atoms with E-state index in [1.54, 1.807) is 11.6 Å². The second kappa shape index (κ2) is 5.35. The Morgan fingerprint density at radius 3 is 3.00 bits per heavy atom. The number of fused-ring (bicyclic) bond motifs is 1. The molecule has 0 aliphatic rings. The number of benzene rings is 1. The van der Waals surface area contributed by atoms with E-state index in [1.165, 1.54) is 0 Å². The van der Waals surface area contributed by atoms with Crippen LogP contribution in [0.3, 0.4) is 0 Å². The maximum atomic E-state index is 10.9. The molecule has 108 valence electrons. The van der Waals surface area contributed by atoms with E-state index >= 15 is 0 Å². The molecule has 21 heavy (non-hydrogen) atoms. The minimum Gasteiger partial charge on any atom is -0.481 e. The summed E-state index contributed by atoms with van der Waals surface area (Å²) >= 11 is 0. The van der Waals surface area contributed by atoms with Crippen LogP contribution in [0.5, 0.6) is 0 Å². The summed E-state index contributed by atoms with van der Waals surface area (Å²) in [4.78, 5) is 10.9. The molecule has 2 aromatic heterocycles. The third kappa shape index (κ3) is 2.62. The van der Waals surface area contributed by atoms with Crippen LogP contribution in [-0.2, 0) is 11.3 Å². The van der Waals surface area contributed by atoms with E-state index in [9.17, 15) is 4.79 Å². The molecular formula is C14H14N4O3. The molecular weight excluding hydrogens is 272 g/mol. The molecule has 0 spiro atoms. The first-order valence-electron chi connectivity index (χ1n) is 6.63. The molecule has 0 bridgehead atoms. The van der Waals surface area contributed by atoms with E-state index in [0.717, 1.165) is 11.0 Å². The first kappa shape index (κ1) is 13.3. The summed E-state index contributed by atoms with van der Waals surface area (Å²) in [6.07, 6.45) is 0.452. The van der Waals surface area contributed by atoms with Gasteiger partial charge in [0, 0.05) is 11.9 Å². The van der Waals surface area contributed by atoms with Crippen LogP contribution in [0.15, 0.2) is 34.7 Å². The average Bonchev–Trinajstić information content (AvgIpc) is 3.10. The van der Waals surface area contributed by atoms with Gasteiger partial charge in [0.25, 0.3) is 0 Å². The normalized spacial score (nSPS) is 12.6. The maximum Gasteiger partial charge on any atom is 0.306 e. The van der Waals surface area contributed by atoms with Gasteiger partial charge < -0.3 is 9.52 Å². The number of para-hydroxylation sites is 1. The van der Waals surface area contributed by atoms with E-state index < -0.39 is 11.9 Å². The molecule has 0 radical (unpaired) electrons. The number of aromatic nitrogens is 4. The van der Waals surface area contributed by atoms with Crippen LogP contribution in [-0.4, -0.2) is 31.3 Å². The van der Waals surface area contributed by atoms with Crippen molar-refractivity contribution in [2.45, 2.75) is 19.9 Å². The Morgan fingerprint density at radius 1 is 1.43 bits per heavy atom. The van der Waals surface area contributed by atoms with Crippen molar-refractivity contribution in [3.05, 3.63) is 30.3 Å². The topological polar surface area (TPSA) is 94.0 Å². The highest BCUT2D eigenvalue weighted by molar-refractivity contribution is 5.81. The van der Waals surface area contributed by atoms with Crippen molar-refractivity contribution in [1.82, 2.24) is 20.2 Å². The van der Waals surface area contributed by atoms with E-state index in [0.29, 0.717) is 24.6 Å². The number of aliphatic carboxylic acids is 1. The highest BCUT2D eigenvalue weighted by Crippen LogP contribution is 2.26.